The van der Waals surface area contributed by atoms with Gasteiger partial charge < -0.3 is 9.47 Å². The largest absolute Gasteiger partial charge is 0.492 e. The summed E-state index contributed by atoms with van der Waals surface area (Å²) >= 11 is 0. The summed E-state index contributed by atoms with van der Waals surface area (Å²) in [5.41, 5.74) is 2.18. The number of hydrogen-bond acceptors (Lipinski definition) is 5. The number of hydrogen-bond donors (Lipinski definition) is 0. The molecule has 0 unspecified atom stereocenters. The number of aromatic nitrogens is 3. The zero-order valence-electron chi connectivity index (χ0n) is 16.9. The molecule has 0 atom stereocenters. The van der Waals surface area contributed by atoms with Gasteiger partial charge in [-0.3, -0.25) is 19.3 Å². The molecule has 3 heterocycles. The standard InChI is InChI=1S/C22H21F2N3O3/c1-5-29-15(4)19-9-21(13(2)10-25-19)27-14(3)6-17(8-22(27)28)30-12-20-18(24)7-16(23)11-26-20/h6-11H,4-5,12H2,1-3H3. The van der Waals surface area contributed by atoms with E-state index in [4.69, 9.17) is 9.47 Å². The zero-order chi connectivity index (χ0) is 21.8. The Morgan fingerprint density at radius 2 is 1.90 bits per heavy atom. The van der Waals surface area contributed by atoms with Crippen LogP contribution in [0.4, 0.5) is 8.78 Å². The minimum atomic E-state index is -0.811. The second kappa shape index (κ2) is 8.86. The smallest absolute Gasteiger partial charge is 0.259 e. The number of aryl methyl sites for hydroxylation is 2. The molecule has 156 valence electrons. The van der Waals surface area contributed by atoms with Gasteiger partial charge in [0.25, 0.3) is 5.56 Å². The molecule has 3 aromatic rings. The number of nitrogens with zero attached hydrogens (tertiary/aromatic N) is 3. The lowest BCUT2D eigenvalue weighted by Gasteiger charge is -2.16. The van der Waals surface area contributed by atoms with Gasteiger partial charge in [0.1, 0.15) is 35.3 Å². The molecule has 0 radical (unpaired) electrons. The number of rotatable bonds is 7. The molecule has 8 heteroatoms. The maximum Gasteiger partial charge on any atom is 0.259 e. The van der Waals surface area contributed by atoms with Crippen LogP contribution >= 0.6 is 0 Å². The van der Waals surface area contributed by atoms with E-state index < -0.39 is 11.6 Å². The minimum absolute atomic E-state index is 0.0534. The Labute approximate surface area is 172 Å². The van der Waals surface area contributed by atoms with Gasteiger partial charge in [0, 0.05) is 30.1 Å². The van der Waals surface area contributed by atoms with Gasteiger partial charge >= 0.3 is 0 Å². The Morgan fingerprint density at radius 1 is 1.13 bits per heavy atom. The highest BCUT2D eigenvalue weighted by atomic mass is 19.1. The van der Waals surface area contributed by atoms with Crippen molar-refractivity contribution in [1.82, 2.24) is 14.5 Å². The van der Waals surface area contributed by atoms with Crippen LogP contribution in [-0.4, -0.2) is 21.1 Å². The Balaban J connectivity index is 1.91. The molecule has 30 heavy (non-hydrogen) atoms. The lowest BCUT2D eigenvalue weighted by molar-refractivity contribution is 0.292. The monoisotopic (exact) mass is 413 g/mol. The molecule has 0 bridgehead atoms. The first-order chi connectivity index (χ1) is 14.3. The van der Waals surface area contributed by atoms with Crippen molar-refractivity contribution in [3.8, 4) is 11.4 Å². The summed E-state index contributed by atoms with van der Waals surface area (Å²) in [5, 5.41) is 0. The second-order valence-electron chi connectivity index (χ2n) is 6.59. The van der Waals surface area contributed by atoms with Gasteiger partial charge in [-0.15, -0.1) is 0 Å². The van der Waals surface area contributed by atoms with E-state index in [9.17, 15) is 13.6 Å². The zero-order valence-corrected chi connectivity index (χ0v) is 16.9. The molecule has 0 spiro atoms. The quantitative estimate of drug-likeness (QED) is 0.546. The van der Waals surface area contributed by atoms with Crippen LogP contribution in [-0.2, 0) is 11.3 Å². The van der Waals surface area contributed by atoms with E-state index in [1.165, 1.54) is 10.6 Å². The van der Waals surface area contributed by atoms with Crippen molar-refractivity contribution in [2.24, 2.45) is 0 Å². The van der Waals surface area contributed by atoms with Crippen molar-refractivity contribution >= 4 is 5.76 Å². The Morgan fingerprint density at radius 3 is 2.57 bits per heavy atom. The predicted octanol–water partition coefficient (Wildman–Crippen LogP) is 4.11. The van der Waals surface area contributed by atoms with Crippen LogP contribution in [0.25, 0.3) is 11.4 Å². The third-order valence-corrected chi connectivity index (χ3v) is 4.37. The minimum Gasteiger partial charge on any atom is -0.492 e. The molecule has 0 saturated carbocycles. The van der Waals surface area contributed by atoms with E-state index in [-0.39, 0.29) is 23.6 Å². The highest BCUT2D eigenvalue weighted by Crippen LogP contribution is 2.21. The van der Waals surface area contributed by atoms with Crippen molar-refractivity contribution in [2.45, 2.75) is 27.4 Å². The summed E-state index contributed by atoms with van der Waals surface area (Å²) in [6.07, 6.45) is 2.55. The van der Waals surface area contributed by atoms with Gasteiger partial charge in [0.2, 0.25) is 0 Å². The van der Waals surface area contributed by atoms with Gasteiger partial charge in [0.05, 0.1) is 18.5 Å². The Bertz CT molecular complexity index is 1160. The molecule has 0 aromatic carbocycles. The molecule has 3 rings (SSSR count). The molecule has 0 fully saturated rings. The molecule has 0 aliphatic carbocycles. The van der Waals surface area contributed by atoms with Gasteiger partial charge in [0.15, 0.2) is 5.82 Å². The van der Waals surface area contributed by atoms with Gasteiger partial charge in [-0.25, -0.2) is 8.78 Å². The topological polar surface area (TPSA) is 66.2 Å². The third-order valence-electron chi connectivity index (χ3n) is 4.37. The molecule has 6 nitrogen and oxygen atoms in total. The molecule has 0 N–H and O–H groups in total. The van der Waals surface area contributed by atoms with E-state index in [2.05, 4.69) is 16.5 Å². The summed E-state index contributed by atoms with van der Waals surface area (Å²) in [6, 6.07) is 5.42. The van der Waals surface area contributed by atoms with Crippen LogP contribution in [0.2, 0.25) is 0 Å². The summed E-state index contributed by atoms with van der Waals surface area (Å²) in [4.78, 5) is 20.8. The average molecular weight is 413 g/mol. The fraction of sp³-hybridized carbons (Fsp3) is 0.227. The summed E-state index contributed by atoms with van der Waals surface area (Å²) in [6.45, 7) is 9.52. The van der Waals surface area contributed by atoms with Gasteiger partial charge in [-0.1, -0.05) is 6.58 Å². The predicted molar refractivity (Wildman–Crippen MR) is 108 cm³/mol. The average Bonchev–Trinajstić information content (AvgIpc) is 2.68. The fourth-order valence-corrected chi connectivity index (χ4v) is 2.92. The van der Waals surface area contributed by atoms with Crippen molar-refractivity contribution in [3.63, 3.8) is 0 Å². The van der Waals surface area contributed by atoms with Crippen molar-refractivity contribution < 1.29 is 18.3 Å². The van der Waals surface area contributed by atoms with Gasteiger partial charge in [-0.05, 0) is 32.4 Å². The van der Waals surface area contributed by atoms with Crippen molar-refractivity contribution in [3.05, 3.63) is 87.9 Å². The van der Waals surface area contributed by atoms with Crippen LogP contribution in [0.15, 0.2) is 48.0 Å². The summed E-state index contributed by atoms with van der Waals surface area (Å²) in [5.74, 6) is -0.911. The number of ether oxygens (including phenoxy) is 2. The molecular weight excluding hydrogens is 392 g/mol. The number of halogens is 2. The Hall–Kier alpha value is -3.55. The SMILES string of the molecule is C=C(OCC)c1cc(-n2c(C)cc(OCc3ncc(F)cc3F)cc2=O)c(C)cn1. The van der Waals surface area contributed by atoms with Crippen LogP contribution < -0.4 is 10.3 Å². The summed E-state index contributed by atoms with van der Waals surface area (Å²) < 4.78 is 39.1. The van der Waals surface area contributed by atoms with E-state index in [0.717, 1.165) is 17.8 Å². The molecule has 0 saturated heterocycles. The van der Waals surface area contributed by atoms with Crippen molar-refractivity contribution in [1.29, 1.82) is 0 Å². The summed E-state index contributed by atoms with van der Waals surface area (Å²) in [7, 11) is 0. The van der Waals surface area contributed by atoms with E-state index in [1.54, 1.807) is 25.3 Å². The molecular formula is C22H21F2N3O3. The highest BCUT2D eigenvalue weighted by Gasteiger charge is 2.13. The first-order valence-corrected chi connectivity index (χ1v) is 9.25. The molecule has 0 amide bonds. The van der Waals surface area contributed by atoms with E-state index >= 15 is 0 Å². The first kappa shape index (κ1) is 21.2. The van der Waals surface area contributed by atoms with Crippen molar-refractivity contribution in [2.75, 3.05) is 6.61 Å². The fourth-order valence-electron chi connectivity index (χ4n) is 2.92. The molecule has 3 aromatic heterocycles. The lowest BCUT2D eigenvalue weighted by atomic mass is 10.2. The maximum absolute atomic E-state index is 13.7. The van der Waals surface area contributed by atoms with E-state index in [1.807, 2.05) is 13.8 Å². The Kier molecular flexibility index (Phi) is 6.25. The normalized spacial score (nSPS) is 10.7. The first-order valence-electron chi connectivity index (χ1n) is 9.25. The second-order valence-corrected chi connectivity index (χ2v) is 6.59. The van der Waals surface area contributed by atoms with Crippen LogP contribution in [0.5, 0.6) is 5.75 Å². The van der Waals surface area contributed by atoms with E-state index in [0.29, 0.717) is 29.4 Å². The van der Waals surface area contributed by atoms with Crippen LogP contribution in [0.1, 0.15) is 29.6 Å². The van der Waals surface area contributed by atoms with Gasteiger partial charge in [-0.2, -0.15) is 0 Å². The molecule has 0 aliphatic heterocycles. The third kappa shape index (κ3) is 4.53. The van der Waals surface area contributed by atoms with Crippen LogP contribution in [0, 0.1) is 25.5 Å². The molecule has 0 aliphatic rings. The maximum atomic E-state index is 13.7. The number of pyridine rings is 3. The van der Waals surface area contributed by atoms with Crippen LogP contribution in [0.3, 0.4) is 0 Å². The lowest BCUT2D eigenvalue weighted by Crippen LogP contribution is -2.21. The highest BCUT2D eigenvalue weighted by molar-refractivity contribution is 5.58.